The van der Waals surface area contributed by atoms with Gasteiger partial charge in [-0.05, 0) is 31.9 Å². The van der Waals surface area contributed by atoms with Crippen molar-refractivity contribution in [2.45, 2.75) is 38.4 Å². The average Bonchev–Trinajstić information content (AvgIpc) is 3.00. The Hall–Kier alpha value is -2.28. The van der Waals surface area contributed by atoms with Crippen LogP contribution in [0, 0.1) is 11.6 Å². The highest BCUT2D eigenvalue weighted by molar-refractivity contribution is 5.82. The van der Waals surface area contributed by atoms with Crippen molar-refractivity contribution in [1.82, 2.24) is 20.0 Å². The second-order valence-electron chi connectivity index (χ2n) is 6.46. The summed E-state index contributed by atoms with van der Waals surface area (Å²) in [6, 6.07) is 5.03. The molecule has 1 amide bonds. The van der Waals surface area contributed by atoms with Gasteiger partial charge in [-0.2, -0.15) is 5.10 Å². The Labute approximate surface area is 145 Å². The second kappa shape index (κ2) is 7.31. The van der Waals surface area contributed by atoms with Crippen LogP contribution in [0.3, 0.4) is 0 Å². The van der Waals surface area contributed by atoms with Gasteiger partial charge in [0.15, 0.2) is 0 Å². The number of amides is 1. The maximum atomic E-state index is 13.9. The standard InChI is InChI=1S/C18H22F2N4O/c1-12(17-7-8-21-23(17)2)22-16-4-3-9-24(18(16)25)11-13-5-6-14(19)10-15(13)20/h5-8,10,12,16,22H,3-4,9,11H2,1-2H3. The van der Waals surface area contributed by atoms with Crippen LogP contribution in [-0.2, 0) is 18.4 Å². The molecule has 1 aliphatic rings. The predicted octanol–water partition coefficient (Wildman–Crippen LogP) is 2.54. The summed E-state index contributed by atoms with van der Waals surface area (Å²) in [5.41, 5.74) is 1.32. The van der Waals surface area contributed by atoms with Crippen LogP contribution in [-0.4, -0.2) is 33.2 Å². The highest BCUT2D eigenvalue weighted by atomic mass is 19.1. The maximum Gasteiger partial charge on any atom is 0.240 e. The summed E-state index contributed by atoms with van der Waals surface area (Å²) < 4.78 is 28.7. The fourth-order valence-corrected chi connectivity index (χ4v) is 3.30. The molecule has 0 aliphatic carbocycles. The topological polar surface area (TPSA) is 50.2 Å². The van der Waals surface area contributed by atoms with Crippen molar-refractivity contribution in [1.29, 1.82) is 0 Å². The van der Waals surface area contributed by atoms with Crippen molar-refractivity contribution >= 4 is 5.91 Å². The normalized spacial score (nSPS) is 19.3. The lowest BCUT2D eigenvalue weighted by Gasteiger charge is -2.34. The van der Waals surface area contributed by atoms with Gasteiger partial charge in [0.1, 0.15) is 11.6 Å². The molecule has 134 valence electrons. The summed E-state index contributed by atoms with van der Waals surface area (Å²) >= 11 is 0. The summed E-state index contributed by atoms with van der Waals surface area (Å²) in [6.45, 7) is 2.72. The van der Waals surface area contributed by atoms with E-state index in [1.165, 1.54) is 12.1 Å². The molecule has 1 fully saturated rings. The van der Waals surface area contributed by atoms with Crippen molar-refractivity contribution in [2.75, 3.05) is 6.54 Å². The van der Waals surface area contributed by atoms with Crippen molar-refractivity contribution in [3.05, 3.63) is 53.4 Å². The van der Waals surface area contributed by atoms with E-state index in [0.29, 0.717) is 12.1 Å². The van der Waals surface area contributed by atoms with E-state index < -0.39 is 11.6 Å². The number of aryl methyl sites for hydroxylation is 1. The van der Waals surface area contributed by atoms with Gasteiger partial charge < -0.3 is 4.90 Å². The van der Waals surface area contributed by atoms with Crippen LogP contribution >= 0.6 is 0 Å². The minimum atomic E-state index is -0.619. The smallest absolute Gasteiger partial charge is 0.240 e. The quantitative estimate of drug-likeness (QED) is 0.903. The van der Waals surface area contributed by atoms with E-state index in [9.17, 15) is 13.6 Å². The van der Waals surface area contributed by atoms with E-state index >= 15 is 0 Å². The number of aromatic nitrogens is 2. The minimum Gasteiger partial charge on any atom is -0.337 e. The van der Waals surface area contributed by atoms with Gasteiger partial charge in [-0.15, -0.1) is 0 Å². The Morgan fingerprint density at radius 2 is 2.16 bits per heavy atom. The number of benzene rings is 1. The molecule has 3 rings (SSSR count). The van der Waals surface area contributed by atoms with Crippen LogP contribution in [0.5, 0.6) is 0 Å². The molecule has 1 aliphatic heterocycles. The number of rotatable bonds is 5. The van der Waals surface area contributed by atoms with Gasteiger partial charge in [0.05, 0.1) is 11.7 Å². The highest BCUT2D eigenvalue weighted by Crippen LogP contribution is 2.20. The fourth-order valence-electron chi connectivity index (χ4n) is 3.30. The lowest BCUT2D eigenvalue weighted by molar-refractivity contribution is -0.136. The number of hydrogen-bond donors (Lipinski definition) is 1. The third-order valence-corrected chi connectivity index (χ3v) is 4.66. The number of carbonyl (C=O) groups excluding carboxylic acids is 1. The molecular weight excluding hydrogens is 326 g/mol. The molecule has 0 saturated carbocycles. The first-order valence-electron chi connectivity index (χ1n) is 8.42. The number of piperidine rings is 1. The van der Waals surface area contributed by atoms with Crippen LogP contribution in [0.1, 0.15) is 37.1 Å². The maximum absolute atomic E-state index is 13.9. The summed E-state index contributed by atoms with van der Waals surface area (Å²) in [5, 5.41) is 7.49. The van der Waals surface area contributed by atoms with E-state index in [-0.39, 0.29) is 24.5 Å². The fraction of sp³-hybridized carbons (Fsp3) is 0.444. The first-order valence-corrected chi connectivity index (χ1v) is 8.42. The van der Waals surface area contributed by atoms with E-state index in [4.69, 9.17) is 0 Å². The predicted molar refractivity (Wildman–Crippen MR) is 89.6 cm³/mol. The molecule has 2 atom stereocenters. The van der Waals surface area contributed by atoms with Crippen molar-refractivity contribution < 1.29 is 13.6 Å². The molecule has 1 aromatic carbocycles. The van der Waals surface area contributed by atoms with Crippen LogP contribution in [0.2, 0.25) is 0 Å². The molecule has 0 bridgehead atoms. The van der Waals surface area contributed by atoms with Crippen molar-refractivity contribution in [3.8, 4) is 0 Å². The van der Waals surface area contributed by atoms with Crippen LogP contribution in [0.4, 0.5) is 8.78 Å². The van der Waals surface area contributed by atoms with Gasteiger partial charge in [-0.3, -0.25) is 14.8 Å². The molecular formula is C18H22F2N4O. The number of hydrogen-bond acceptors (Lipinski definition) is 3. The molecule has 1 N–H and O–H groups in total. The highest BCUT2D eigenvalue weighted by Gasteiger charge is 2.30. The number of carbonyl (C=O) groups is 1. The van der Waals surface area contributed by atoms with Crippen LogP contribution in [0.25, 0.3) is 0 Å². The zero-order chi connectivity index (χ0) is 18.0. The Morgan fingerprint density at radius 3 is 2.84 bits per heavy atom. The first kappa shape index (κ1) is 17.5. The van der Waals surface area contributed by atoms with E-state index in [2.05, 4.69) is 10.4 Å². The molecule has 25 heavy (non-hydrogen) atoms. The number of nitrogens with one attached hydrogen (secondary N) is 1. The largest absolute Gasteiger partial charge is 0.337 e. The molecule has 2 aromatic rings. The van der Waals surface area contributed by atoms with Crippen LogP contribution in [0.15, 0.2) is 30.5 Å². The van der Waals surface area contributed by atoms with Gasteiger partial charge in [-0.25, -0.2) is 8.78 Å². The Balaban J connectivity index is 1.67. The number of halogens is 2. The molecule has 1 saturated heterocycles. The van der Waals surface area contributed by atoms with Crippen molar-refractivity contribution in [2.24, 2.45) is 7.05 Å². The Bertz CT molecular complexity index is 761. The van der Waals surface area contributed by atoms with Crippen molar-refractivity contribution in [3.63, 3.8) is 0 Å². The molecule has 1 aromatic heterocycles. The third kappa shape index (κ3) is 3.87. The second-order valence-corrected chi connectivity index (χ2v) is 6.46. The summed E-state index contributed by atoms with van der Waals surface area (Å²) in [6.07, 6.45) is 3.30. The lowest BCUT2D eigenvalue weighted by atomic mass is 10.0. The Kier molecular flexibility index (Phi) is 5.13. The van der Waals surface area contributed by atoms with Gasteiger partial charge in [0, 0.05) is 44.0 Å². The molecule has 2 heterocycles. The number of likely N-dealkylation sites (tertiary alicyclic amines) is 1. The first-order chi connectivity index (χ1) is 12.0. The zero-order valence-electron chi connectivity index (χ0n) is 14.4. The lowest BCUT2D eigenvalue weighted by Crippen LogP contribution is -2.51. The van der Waals surface area contributed by atoms with Gasteiger partial charge in [0.2, 0.25) is 5.91 Å². The van der Waals surface area contributed by atoms with Gasteiger partial charge in [-0.1, -0.05) is 6.07 Å². The molecule has 7 heteroatoms. The molecule has 5 nitrogen and oxygen atoms in total. The summed E-state index contributed by atoms with van der Waals surface area (Å²) in [4.78, 5) is 14.4. The molecule has 0 radical (unpaired) electrons. The monoisotopic (exact) mass is 348 g/mol. The zero-order valence-corrected chi connectivity index (χ0v) is 14.4. The summed E-state index contributed by atoms with van der Waals surface area (Å²) in [5.74, 6) is -1.29. The van der Waals surface area contributed by atoms with E-state index in [1.807, 2.05) is 20.0 Å². The van der Waals surface area contributed by atoms with Gasteiger partial charge in [0.25, 0.3) is 0 Å². The van der Waals surface area contributed by atoms with Crippen LogP contribution < -0.4 is 5.32 Å². The summed E-state index contributed by atoms with van der Waals surface area (Å²) in [7, 11) is 1.86. The Morgan fingerprint density at radius 1 is 1.36 bits per heavy atom. The van der Waals surface area contributed by atoms with E-state index in [0.717, 1.165) is 24.6 Å². The molecule has 2 unspecified atom stereocenters. The SMILES string of the molecule is CC(NC1CCCN(Cc2ccc(F)cc2F)C1=O)c1ccnn1C. The number of nitrogens with zero attached hydrogens (tertiary/aromatic N) is 3. The third-order valence-electron chi connectivity index (χ3n) is 4.66. The van der Waals surface area contributed by atoms with E-state index in [1.54, 1.807) is 15.8 Å². The minimum absolute atomic E-state index is 0.0241. The molecule has 0 spiro atoms. The average molecular weight is 348 g/mol. The van der Waals surface area contributed by atoms with Gasteiger partial charge >= 0.3 is 0 Å².